The highest BCUT2D eigenvalue weighted by molar-refractivity contribution is 6.01. The minimum Gasteiger partial charge on any atom is -0.453 e. The summed E-state index contributed by atoms with van der Waals surface area (Å²) in [6.45, 7) is 2.00. The lowest BCUT2D eigenvalue weighted by Gasteiger charge is -1.98. The topological polar surface area (TPSA) is 30.2 Å². The number of hydrogen-bond acceptors (Lipinski definition) is 2. The standard InChI is InChI=1S/C19H16O2/c1-12-6-5-9-14-10-17(21-19(12)14)18(20)16-11-15(16)13-7-3-2-4-8-13/h2-10,15-16H,11H2,1H3. The van der Waals surface area contributed by atoms with Crippen molar-refractivity contribution in [2.45, 2.75) is 19.3 Å². The average molecular weight is 276 g/mol. The number of carbonyl (C=O) groups excluding carboxylic acids is 1. The second-order valence-electron chi connectivity index (χ2n) is 5.83. The molecule has 21 heavy (non-hydrogen) atoms. The van der Waals surface area contributed by atoms with Crippen LogP contribution in [0.5, 0.6) is 0 Å². The number of hydrogen-bond donors (Lipinski definition) is 0. The molecule has 0 amide bonds. The van der Waals surface area contributed by atoms with Crippen LogP contribution in [0, 0.1) is 12.8 Å². The third-order valence-corrected chi connectivity index (χ3v) is 4.34. The summed E-state index contributed by atoms with van der Waals surface area (Å²) in [5.74, 6) is 1.07. The second kappa shape index (κ2) is 4.59. The molecule has 104 valence electrons. The number of benzene rings is 2. The van der Waals surface area contributed by atoms with Gasteiger partial charge in [0.05, 0.1) is 0 Å². The molecule has 0 bridgehead atoms. The van der Waals surface area contributed by atoms with Gasteiger partial charge in [0.1, 0.15) is 5.58 Å². The first-order valence-electron chi connectivity index (χ1n) is 7.32. The summed E-state index contributed by atoms with van der Waals surface area (Å²) in [6, 6.07) is 18.1. The van der Waals surface area contributed by atoms with E-state index in [1.165, 1.54) is 5.56 Å². The van der Waals surface area contributed by atoms with Crippen molar-refractivity contribution < 1.29 is 9.21 Å². The molecule has 2 nitrogen and oxygen atoms in total. The van der Waals surface area contributed by atoms with E-state index in [0.29, 0.717) is 11.7 Å². The van der Waals surface area contributed by atoms with Crippen molar-refractivity contribution >= 4 is 16.8 Å². The van der Waals surface area contributed by atoms with Gasteiger partial charge in [0.25, 0.3) is 0 Å². The summed E-state index contributed by atoms with van der Waals surface area (Å²) in [7, 11) is 0. The maximum absolute atomic E-state index is 12.6. The van der Waals surface area contributed by atoms with Gasteiger partial charge in [-0.15, -0.1) is 0 Å². The normalized spacial score (nSPS) is 20.6. The van der Waals surface area contributed by atoms with Crippen molar-refractivity contribution in [3.05, 3.63) is 71.5 Å². The van der Waals surface area contributed by atoms with Crippen LogP contribution in [0.4, 0.5) is 0 Å². The molecule has 1 heterocycles. The Bertz CT molecular complexity index is 814. The van der Waals surface area contributed by atoms with Crippen LogP contribution in [0.15, 0.2) is 59.0 Å². The number of Topliss-reactive ketones (excluding diaryl/α,β-unsaturated/α-hetero) is 1. The van der Waals surface area contributed by atoms with E-state index in [-0.39, 0.29) is 11.7 Å². The van der Waals surface area contributed by atoms with E-state index >= 15 is 0 Å². The Morgan fingerprint density at radius 3 is 2.67 bits per heavy atom. The van der Waals surface area contributed by atoms with Crippen molar-refractivity contribution in [3.63, 3.8) is 0 Å². The van der Waals surface area contributed by atoms with E-state index < -0.39 is 0 Å². The van der Waals surface area contributed by atoms with Gasteiger partial charge >= 0.3 is 0 Å². The van der Waals surface area contributed by atoms with Gasteiger partial charge in [0.15, 0.2) is 5.76 Å². The molecular weight excluding hydrogens is 260 g/mol. The Morgan fingerprint density at radius 2 is 1.90 bits per heavy atom. The molecule has 1 aliphatic rings. The molecule has 0 aliphatic heterocycles. The number of fused-ring (bicyclic) bond motifs is 1. The Labute approximate surface area is 123 Å². The molecule has 0 spiro atoms. The van der Waals surface area contributed by atoms with Gasteiger partial charge in [-0.25, -0.2) is 0 Å². The molecule has 0 N–H and O–H groups in total. The Hall–Kier alpha value is -2.35. The maximum atomic E-state index is 12.6. The number of aryl methyl sites for hydroxylation is 1. The summed E-state index contributed by atoms with van der Waals surface area (Å²) in [4.78, 5) is 12.6. The minimum atomic E-state index is 0.0771. The van der Waals surface area contributed by atoms with Crippen LogP contribution in [0.1, 0.15) is 34.0 Å². The van der Waals surface area contributed by atoms with Crippen LogP contribution in [-0.4, -0.2) is 5.78 Å². The average Bonchev–Trinajstić information content (AvgIpc) is 3.19. The van der Waals surface area contributed by atoms with Crippen LogP contribution in [0.2, 0.25) is 0 Å². The predicted octanol–water partition coefficient (Wildman–Crippen LogP) is 4.73. The van der Waals surface area contributed by atoms with Crippen LogP contribution in [0.3, 0.4) is 0 Å². The highest BCUT2D eigenvalue weighted by Crippen LogP contribution is 2.49. The lowest BCUT2D eigenvalue weighted by Crippen LogP contribution is -2.01. The molecular formula is C19H16O2. The smallest absolute Gasteiger partial charge is 0.201 e. The Balaban J connectivity index is 1.62. The molecule has 2 aromatic carbocycles. The first-order valence-corrected chi connectivity index (χ1v) is 7.32. The zero-order chi connectivity index (χ0) is 14.4. The van der Waals surface area contributed by atoms with Crippen molar-refractivity contribution in [2.24, 2.45) is 5.92 Å². The highest BCUT2D eigenvalue weighted by Gasteiger charge is 2.45. The number of ketones is 1. The van der Waals surface area contributed by atoms with E-state index in [9.17, 15) is 4.79 Å². The van der Waals surface area contributed by atoms with Crippen LogP contribution in [0.25, 0.3) is 11.0 Å². The molecule has 2 atom stereocenters. The van der Waals surface area contributed by atoms with Gasteiger partial charge < -0.3 is 4.42 Å². The summed E-state index contributed by atoms with van der Waals surface area (Å²) in [6.07, 6.45) is 0.929. The second-order valence-corrected chi connectivity index (χ2v) is 5.83. The Morgan fingerprint density at radius 1 is 1.10 bits per heavy atom. The molecule has 4 rings (SSSR count). The first-order chi connectivity index (χ1) is 10.2. The van der Waals surface area contributed by atoms with Gasteiger partial charge in [0.2, 0.25) is 5.78 Å². The molecule has 0 radical (unpaired) electrons. The summed E-state index contributed by atoms with van der Waals surface area (Å²) >= 11 is 0. The van der Waals surface area contributed by atoms with E-state index in [1.807, 2.05) is 49.4 Å². The fourth-order valence-corrected chi connectivity index (χ4v) is 3.07. The Kier molecular flexibility index (Phi) is 2.71. The molecule has 3 aromatic rings. The number of carbonyl (C=O) groups is 1. The summed E-state index contributed by atoms with van der Waals surface area (Å²) in [5, 5.41) is 1.01. The lowest BCUT2D eigenvalue weighted by atomic mass is 10.1. The molecule has 0 saturated heterocycles. The molecule has 2 heteroatoms. The number of rotatable bonds is 3. The fourth-order valence-electron chi connectivity index (χ4n) is 3.07. The van der Waals surface area contributed by atoms with Crippen molar-refractivity contribution in [3.8, 4) is 0 Å². The lowest BCUT2D eigenvalue weighted by molar-refractivity contribution is 0.0940. The maximum Gasteiger partial charge on any atom is 0.201 e. The quantitative estimate of drug-likeness (QED) is 0.647. The summed E-state index contributed by atoms with van der Waals surface area (Å²) < 4.78 is 5.80. The zero-order valence-electron chi connectivity index (χ0n) is 11.9. The monoisotopic (exact) mass is 276 g/mol. The van der Waals surface area contributed by atoms with Crippen LogP contribution in [-0.2, 0) is 0 Å². The van der Waals surface area contributed by atoms with Gasteiger partial charge in [-0.3, -0.25) is 4.79 Å². The number of furan rings is 1. The summed E-state index contributed by atoms with van der Waals surface area (Å²) in [5.41, 5.74) is 3.16. The minimum absolute atomic E-state index is 0.0771. The van der Waals surface area contributed by atoms with Gasteiger partial charge in [-0.1, -0.05) is 48.5 Å². The predicted molar refractivity (Wildman–Crippen MR) is 82.6 cm³/mol. The van der Waals surface area contributed by atoms with Crippen molar-refractivity contribution in [1.29, 1.82) is 0 Å². The van der Waals surface area contributed by atoms with Crippen molar-refractivity contribution in [2.75, 3.05) is 0 Å². The fraction of sp³-hybridized carbons (Fsp3) is 0.211. The first kappa shape index (κ1) is 12.4. The van der Waals surface area contributed by atoms with E-state index in [1.54, 1.807) is 0 Å². The molecule has 1 saturated carbocycles. The molecule has 2 unspecified atom stereocenters. The van der Waals surface area contributed by atoms with Crippen LogP contribution < -0.4 is 0 Å². The van der Waals surface area contributed by atoms with E-state index in [2.05, 4.69) is 12.1 Å². The molecule has 1 aromatic heterocycles. The number of para-hydroxylation sites is 1. The zero-order valence-corrected chi connectivity index (χ0v) is 11.9. The molecule has 1 fully saturated rings. The highest BCUT2D eigenvalue weighted by atomic mass is 16.3. The third-order valence-electron chi connectivity index (χ3n) is 4.34. The molecule has 1 aliphatic carbocycles. The third kappa shape index (κ3) is 2.07. The van der Waals surface area contributed by atoms with Gasteiger partial charge in [-0.05, 0) is 36.5 Å². The van der Waals surface area contributed by atoms with E-state index in [4.69, 9.17) is 4.42 Å². The van der Waals surface area contributed by atoms with Gasteiger partial charge in [0, 0.05) is 11.3 Å². The van der Waals surface area contributed by atoms with E-state index in [0.717, 1.165) is 23.0 Å². The SMILES string of the molecule is Cc1cccc2cc(C(=O)C3CC3c3ccccc3)oc12. The largest absolute Gasteiger partial charge is 0.453 e. The van der Waals surface area contributed by atoms with Crippen molar-refractivity contribution in [1.82, 2.24) is 0 Å². The van der Waals surface area contributed by atoms with Gasteiger partial charge in [-0.2, -0.15) is 0 Å². The van der Waals surface area contributed by atoms with Crippen LogP contribution >= 0.6 is 0 Å².